The SMILES string of the molecule is CCOC(=O)C(CC1=CS[C@@H]2N(C(=O)[C@]2(NC(=O)CCCC(NC(=O)OCC(Cl)(Cl)Cl)C(=O)O)OC)C1OC(=O)C(=O)O)C(C)=O. The number of alkyl carbamates (subject to hydrolysis) is 1. The van der Waals surface area contributed by atoms with E-state index in [9.17, 15) is 43.5 Å². The molecule has 0 bridgehead atoms. The van der Waals surface area contributed by atoms with Crippen LogP contribution in [-0.4, -0.2) is 110 Å². The van der Waals surface area contributed by atoms with Gasteiger partial charge in [0, 0.05) is 13.5 Å². The number of fused-ring (bicyclic) bond motifs is 1. The van der Waals surface area contributed by atoms with Crippen LogP contribution in [0.15, 0.2) is 11.0 Å². The molecule has 5 atom stereocenters. The minimum absolute atomic E-state index is 0.0329. The molecule has 46 heavy (non-hydrogen) atoms. The van der Waals surface area contributed by atoms with Crippen LogP contribution in [0.4, 0.5) is 4.79 Å². The zero-order valence-corrected chi connectivity index (χ0v) is 27.5. The average molecular weight is 735 g/mol. The molecule has 4 N–H and O–H groups in total. The average Bonchev–Trinajstić information content (AvgIpc) is 2.96. The standard InChI is InChI=1S/C25H30Cl3N3O14S/c1-4-43-19(38)13(11(2)32)8-12-9-46-22-25(42-3,21(40)31(22)16(12)45-20(39)18(36)37)30-15(33)7-5-6-14(17(34)35)29-23(41)44-10-24(26,27)28/h9,13-14,16,22H,4-8,10H2,1-3H3,(H,29,41)(H,30,33)(H,34,35)(H,36,37)/t13?,14?,16?,22-,25-/m0/s1. The van der Waals surface area contributed by atoms with Crippen molar-refractivity contribution in [2.45, 2.75) is 66.7 Å². The number of esters is 2. The molecule has 3 amide bonds. The minimum atomic E-state index is -2.02. The number of methoxy groups -OCH3 is 1. The molecule has 2 aliphatic heterocycles. The third kappa shape index (κ3) is 9.84. The van der Waals surface area contributed by atoms with E-state index >= 15 is 0 Å². The molecule has 0 radical (unpaired) electrons. The number of β-lactam (4-membered cyclic amide) rings is 1. The summed E-state index contributed by atoms with van der Waals surface area (Å²) in [6.07, 6.45) is -3.94. The minimum Gasteiger partial charge on any atom is -0.480 e. The number of aliphatic carboxylic acids is 2. The third-order valence-corrected chi connectivity index (χ3v) is 8.05. The van der Waals surface area contributed by atoms with Crippen molar-refractivity contribution >= 4 is 94.1 Å². The number of halogens is 3. The van der Waals surface area contributed by atoms with Gasteiger partial charge in [0.1, 0.15) is 29.7 Å². The van der Waals surface area contributed by atoms with E-state index in [4.69, 9.17) is 54.1 Å². The topological polar surface area (TPSA) is 241 Å². The van der Waals surface area contributed by atoms with Crippen LogP contribution in [0.1, 0.15) is 39.5 Å². The molecule has 21 heteroatoms. The molecule has 0 aromatic carbocycles. The second-order valence-electron chi connectivity index (χ2n) is 9.68. The number of hydrogen-bond acceptors (Lipinski definition) is 13. The molecule has 2 heterocycles. The van der Waals surface area contributed by atoms with E-state index in [1.54, 1.807) is 0 Å². The number of thioether (sulfide) groups is 1. The number of carbonyl (C=O) groups is 8. The fourth-order valence-electron chi connectivity index (χ4n) is 4.30. The van der Waals surface area contributed by atoms with E-state index < -0.39 is 87.3 Å². The summed E-state index contributed by atoms with van der Waals surface area (Å²) in [7, 11) is 1.10. The first-order valence-corrected chi connectivity index (χ1v) is 15.3. The predicted octanol–water partition coefficient (Wildman–Crippen LogP) is 1.08. The van der Waals surface area contributed by atoms with Gasteiger partial charge in [-0.1, -0.05) is 34.8 Å². The number of carbonyl (C=O) groups excluding carboxylic acids is 6. The highest BCUT2D eigenvalue weighted by molar-refractivity contribution is 8.03. The Morgan fingerprint density at radius 2 is 1.78 bits per heavy atom. The van der Waals surface area contributed by atoms with Gasteiger partial charge < -0.3 is 39.8 Å². The first kappa shape index (κ1) is 38.9. The van der Waals surface area contributed by atoms with Gasteiger partial charge in [0.05, 0.1) is 6.61 Å². The largest absolute Gasteiger partial charge is 0.480 e. The van der Waals surface area contributed by atoms with Gasteiger partial charge in [0.2, 0.25) is 15.9 Å². The first-order valence-electron chi connectivity index (χ1n) is 13.3. The fraction of sp³-hybridized carbons (Fsp3) is 0.600. The summed E-state index contributed by atoms with van der Waals surface area (Å²) in [5.41, 5.74) is -1.99. The lowest BCUT2D eigenvalue weighted by Crippen LogP contribution is -2.82. The van der Waals surface area contributed by atoms with Gasteiger partial charge >= 0.3 is 30.0 Å². The monoisotopic (exact) mass is 733 g/mol. The molecular formula is C25H30Cl3N3O14S. The molecule has 17 nitrogen and oxygen atoms in total. The Morgan fingerprint density at radius 3 is 2.30 bits per heavy atom. The van der Waals surface area contributed by atoms with Crippen molar-refractivity contribution in [2.75, 3.05) is 20.3 Å². The number of rotatable bonds is 15. The second-order valence-corrected chi connectivity index (χ2v) is 13.2. The number of carboxylic acids is 2. The molecule has 256 valence electrons. The number of alkyl halides is 3. The Balaban J connectivity index is 2.17. The number of nitrogens with zero attached hydrogens (tertiary/aromatic N) is 1. The molecule has 1 saturated heterocycles. The predicted molar refractivity (Wildman–Crippen MR) is 157 cm³/mol. The number of ketones is 1. The van der Waals surface area contributed by atoms with E-state index in [-0.39, 0.29) is 37.9 Å². The maximum atomic E-state index is 13.5. The van der Waals surface area contributed by atoms with Crippen LogP contribution in [0.3, 0.4) is 0 Å². The number of amides is 3. The summed E-state index contributed by atoms with van der Waals surface area (Å²) in [4.78, 5) is 98.4. The number of nitrogens with one attached hydrogen (secondary N) is 2. The molecule has 0 aromatic heterocycles. The van der Waals surface area contributed by atoms with Crippen molar-refractivity contribution in [3.05, 3.63) is 11.0 Å². The summed E-state index contributed by atoms with van der Waals surface area (Å²) < 4.78 is 18.0. The number of hydrogen-bond donors (Lipinski definition) is 4. The number of carboxylic acid groups (broad SMARTS) is 2. The van der Waals surface area contributed by atoms with E-state index in [1.807, 2.05) is 0 Å². The van der Waals surface area contributed by atoms with E-state index in [0.29, 0.717) is 0 Å². The van der Waals surface area contributed by atoms with Crippen LogP contribution < -0.4 is 10.6 Å². The fourth-order valence-corrected chi connectivity index (χ4v) is 5.76. The zero-order chi connectivity index (χ0) is 35.0. The van der Waals surface area contributed by atoms with Crippen molar-refractivity contribution in [2.24, 2.45) is 5.92 Å². The molecule has 1 fully saturated rings. The molecule has 0 aromatic rings. The molecule has 0 aliphatic carbocycles. The Kier molecular flexibility index (Phi) is 13.9. The van der Waals surface area contributed by atoms with Gasteiger partial charge in [-0.15, -0.1) is 11.8 Å². The normalized spacial score (nSPS) is 21.7. The van der Waals surface area contributed by atoms with Crippen molar-refractivity contribution < 1.29 is 67.5 Å². The lowest BCUT2D eigenvalue weighted by Gasteiger charge is -2.57. The zero-order valence-electron chi connectivity index (χ0n) is 24.4. The molecule has 2 aliphatic rings. The van der Waals surface area contributed by atoms with E-state index in [0.717, 1.165) is 30.7 Å². The molecule has 0 spiro atoms. The van der Waals surface area contributed by atoms with E-state index in [1.165, 1.54) is 12.3 Å². The lowest BCUT2D eigenvalue weighted by atomic mass is 9.92. The molecule has 0 saturated carbocycles. The molecular weight excluding hydrogens is 705 g/mol. The summed E-state index contributed by atoms with van der Waals surface area (Å²) in [5, 5.41) is 23.2. The van der Waals surface area contributed by atoms with E-state index in [2.05, 4.69) is 15.4 Å². The summed E-state index contributed by atoms with van der Waals surface area (Å²) in [5.74, 6) is -9.70. The highest BCUT2D eigenvalue weighted by atomic mass is 35.6. The van der Waals surface area contributed by atoms with Gasteiger partial charge in [0.25, 0.3) is 11.6 Å². The van der Waals surface area contributed by atoms with Crippen LogP contribution in [0, 0.1) is 5.92 Å². The Labute approximate surface area is 280 Å². The van der Waals surface area contributed by atoms with Crippen LogP contribution in [0.5, 0.6) is 0 Å². The maximum Gasteiger partial charge on any atom is 0.419 e. The van der Waals surface area contributed by atoms with Crippen molar-refractivity contribution in [3.8, 4) is 0 Å². The van der Waals surface area contributed by atoms with Crippen molar-refractivity contribution in [3.63, 3.8) is 0 Å². The van der Waals surface area contributed by atoms with Crippen LogP contribution in [0.2, 0.25) is 0 Å². The van der Waals surface area contributed by atoms with Gasteiger partial charge in [-0.25, -0.2) is 19.2 Å². The van der Waals surface area contributed by atoms with Crippen LogP contribution >= 0.6 is 46.6 Å². The Hall–Kier alpha value is -3.32. The molecule has 2 rings (SSSR count). The van der Waals surface area contributed by atoms with Crippen molar-refractivity contribution in [1.29, 1.82) is 0 Å². The van der Waals surface area contributed by atoms with Crippen LogP contribution in [-0.2, 0) is 52.5 Å². The summed E-state index contributed by atoms with van der Waals surface area (Å²) in [6, 6.07) is -1.48. The number of Topliss-reactive ketones (excluding diaryl/α,β-unsaturated/α-hetero) is 1. The van der Waals surface area contributed by atoms with Gasteiger partial charge in [0.15, 0.2) is 0 Å². The summed E-state index contributed by atoms with van der Waals surface area (Å²) >= 11 is 17.3. The third-order valence-electron chi connectivity index (χ3n) is 6.47. The quantitative estimate of drug-likeness (QED) is 0.0350. The molecule has 3 unspecified atom stereocenters. The second kappa shape index (κ2) is 16.5. The van der Waals surface area contributed by atoms with Gasteiger partial charge in [-0.05, 0) is 44.1 Å². The Bertz CT molecular complexity index is 1290. The Morgan fingerprint density at radius 1 is 1.13 bits per heavy atom. The lowest BCUT2D eigenvalue weighted by molar-refractivity contribution is -0.216. The van der Waals surface area contributed by atoms with Gasteiger partial charge in [-0.2, -0.15) is 0 Å². The van der Waals surface area contributed by atoms with Crippen molar-refractivity contribution in [1.82, 2.24) is 15.5 Å². The highest BCUT2D eigenvalue weighted by Gasteiger charge is 2.67. The maximum absolute atomic E-state index is 13.5. The highest BCUT2D eigenvalue weighted by Crippen LogP contribution is 2.47. The van der Waals surface area contributed by atoms with Crippen LogP contribution in [0.25, 0.3) is 0 Å². The van der Waals surface area contributed by atoms with Gasteiger partial charge in [-0.3, -0.25) is 24.1 Å². The smallest absolute Gasteiger partial charge is 0.419 e. The number of ether oxygens (including phenoxy) is 4. The summed E-state index contributed by atoms with van der Waals surface area (Å²) in [6.45, 7) is 1.97. The first-order chi connectivity index (χ1) is 21.4.